The molecule has 6 nitrogen and oxygen atoms in total. The second-order valence-corrected chi connectivity index (χ2v) is 6.43. The third-order valence-electron chi connectivity index (χ3n) is 4.49. The monoisotopic (exact) mass is 370 g/mol. The van der Waals surface area contributed by atoms with Crippen molar-refractivity contribution in [2.24, 2.45) is 0 Å². The van der Waals surface area contributed by atoms with Gasteiger partial charge in [0.2, 0.25) is 0 Å². The van der Waals surface area contributed by atoms with E-state index in [4.69, 9.17) is 0 Å². The number of H-pyrrole nitrogens is 1. The average molecular weight is 370 g/mol. The Labute approximate surface area is 161 Å². The number of anilines is 2. The largest absolute Gasteiger partial charge is 0.361 e. The van der Waals surface area contributed by atoms with Gasteiger partial charge in [-0.25, -0.2) is 0 Å². The van der Waals surface area contributed by atoms with Gasteiger partial charge in [0.25, 0.3) is 11.8 Å². The number of amides is 2. The highest BCUT2D eigenvalue weighted by Crippen LogP contribution is 2.21. The van der Waals surface area contributed by atoms with Crippen LogP contribution < -0.4 is 10.6 Å². The zero-order chi connectivity index (χ0) is 19.5. The summed E-state index contributed by atoms with van der Waals surface area (Å²) in [4.78, 5) is 32.4. The molecule has 3 N–H and O–H groups in total. The topological polar surface area (TPSA) is 86.9 Å². The predicted molar refractivity (Wildman–Crippen MR) is 110 cm³/mol. The molecule has 4 rings (SSSR count). The standard InChI is InChI=1S/C22H18N4O2/c1-14-7-8-16(12-19(14)22(28)26-17-5-3-10-23-13-17)25-21(27)18-6-2-4-15-9-11-24-20(15)18/h2-13,24H,1H3,(H,25,27)(H,26,28). The maximum absolute atomic E-state index is 12.7. The van der Waals surface area contributed by atoms with Gasteiger partial charge in [0.1, 0.15) is 0 Å². The number of benzene rings is 2. The lowest BCUT2D eigenvalue weighted by atomic mass is 10.1. The molecule has 0 unspecified atom stereocenters. The number of aryl methyl sites for hydroxylation is 1. The number of carbonyl (C=O) groups excluding carboxylic acids is 2. The molecule has 2 aromatic heterocycles. The van der Waals surface area contributed by atoms with Crippen molar-refractivity contribution >= 4 is 34.1 Å². The van der Waals surface area contributed by atoms with E-state index in [1.807, 2.05) is 31.2 Å². The number of para-hydroxylation sites is 1. The summed E-state index contributed by atoms with van der Waals surface area (Å²) < 4.78 is 0. The molecule has 2 amide bonds. The maximum Gasteiger partial charge on any atom is 0.257 e. The number of carbonyl (C=O) groups is 2. The minimum Gasteiger partial charge on any atom is -0.361 e. The predicted octanol–water partition coefficient (Wildman–Crippen LogP) is 4.38. The van der Waals surface area contributed by atoms with Crippen LogP contribution >= 0.6 is 0 Å². The van der Waals surface area contributed by atoms with Crippen LogP contribution in [0.2, 0.25) is 0 Å². The summed E-state index contributed by atoms with van der Waals surface area (Å²) in [5.41, 5.74) is 3.78. The third kappa shape index (κ3) is 3.48. The first-order valence-electron chi connectivity index (χ1n) is 8.81. The fourth-order valence-electron chi connectivity index (χ4n) is 3.05. The summed E-state index contributed by atoms with van der Waals surface area (Å²) in [5, 5.41) is 6.65. The van der Waals surface area contributed by atoms with Gasteiger partial charge in [-0.2, -0.15) is 0 Å². The number of nitrogens with zero attached hydrogens (tertiary/aromatic N) is 1. The van der Waals surface area contributed by atoms with Crippen LogP contribution in [0.3, 0.4) is 0 Å². The van der Waals surface area contributed by atoms with Crippen LogP contribution in [0.15, 0.2) is 73.2 Å². The Morgan fingerprint density at radius 1 is 0.893 bits per heavy atom. The zero-order valence-corrected chi connectivity index (χ0v) is 15.2. The van der Waals surface area contributed by atoms with Crippen LogP contribution in [0.25, 0.3) is 10.9 Å². The Morgan fingerprint density at radius 2 is 1.71 bits per heavy atom. The Bertz CT molecular complexity index is 1170. The van der Waals surface area contributed by atoms with E-state index in [2.05, 4.69) is 20.6 Å². The van der Waals surface area contributed by atoms with E-state index in [0.29, 0.717) is 22.5 Å². The smallest absolute Gasteiger partial charge is 0.257 e. The number of hydrogen-bond donors (Lipinski definition) is 3. The molecule has 0 spiro atoms. The van der Waals surface area contributed by atoms with Gasteiger partial charge in [0.05, 0.1) is 23.0 Å². The molecule has 2 aromatic carbocycles. The van der Waals surface area contributed by atoms with Gasteiger partial charge in [0.15, 0.2) is 0 Å². The molecule has 0 aliphatic carbocycles. The van der Waals surface area contributed by atoms with Gasteiger partial charge in [-0.15, -0.1) is 0 Å². The molecule has 0 saturated carbocycles. The summed E-state index contributed by atoms with van der Waals surface area (Å²) in [5.74, 6) is -0.497. The van der Waals surface area contributed by atoms with Crippen molar-refractivity contribution in [3.05, 3.63) is 89.9 Å². The molecule has 0 atom stereocenters. The van der Waals surface area contributed by atoms with Gasteiger partial charge < -0.3 is 15.6 Å². The first-order chi connectivity index (χ1) is 13.6. The van der Waals surface area contributed by atoms with Crippen molar-refractivity contribution in [3.8, 4) is 0 Å². The van der Waals surface area contributed by atoms with Gasteiger partial charge in [-0.3, -0.25) is 14.6 Å². The van der Waals surface area contributed by atoms with Crippen LogP contribution in [0, 0.1) is 6.92 Å². The van der Waals surface area contributed by atoms with E-state index in [9.17, 15) is 9.59 Å². The minimum atomic E-state index is -0.256. The Kier molecular flexibility index (Phi) is 4.60. The van der Waals surface area contributed by atoms with E-state index in [1.54, 1.807) is 48.9 Å². The zero-order valence-electron chi connectivity index (χ0n) is 15.2. The number of rotatable bonds is 4. The van der Waals surface area contributed by atoms with Crippen molar-refractivity contribution in [3.63, 3.8) is 0 Å². The molecular formula is C22H18N4O2. The maximum atomic E-state index is 12.7. The first kappa shape index (κ1) is 17.5. The molecule has 4 aromatic rings. The third-order valence-corrected chi connectivity index (χ3v) is 4.49. The fourth-order valence-corrected chi connectivity index (χ4v) is 3.05. The molecule has 138 valence electrons. The normalized spacial score (nSPS) is 10.6. The second kappa shape index (κ2) is 7.36. The Balaban J connectivity index is 1.57. The van der Waals surface area contributed by atoms with Crippen LogP contribution in [0.1, 0.15) is 26.3 Å². The van der Waals surface area contributed by atoms with Gasteiger partial charge in [0, 0.05) is 29.0 Å². The number of fused-ring (bicyclic) bond motifs is 1. The molecule has 0 fully saturated rings. The number of nitrogens with one attached hydrogen (secondary N) is 3. The number of hydrogen-bond acceptors (Lipinski definition) is 3. The average Bonchev–Trinajstić information content (AvgIpc) is 3.19. The van der Waals surface area contributed by atoms with E-state index in [1.165, 1.54) is 0 Å². The molecule has 0 aliphatic heterocycles. The van der Waals surface area contributed by atoms with E-state index in [0.717, 1.165) is 16.5 Å². The van der Waals surface area contributed by atoms with Crippen LogP contribution in [0.4, 0.5) is 11.4 Å². The molecule has 6 heteroatoms. The summed E-state index contributed by atoms with van der Waals surface area (Å²) in [6, 6.07) is 16.2. The lowest BCUT2D eigenvalue weighted by Crippen LogP contribution is -2.16. The fraction of sp³-hybridized carbons (Fsp3) is 0.0455. The lowest BCUT2D eigenvalue weighted by molar-refractivity contribution is 0.101. The summed E-state index contributed by atoms with van der Waals surface area (Å²) in [6.45, 7) is 1.85. The van der Waals surface area contributed by atoms with Gasteiger partial charge in [-0.05, 0) is 48.9 Å². The van der Waals surface area contributed by atoms with Gasteiger partial charge >= 0.3 is 0 Å². The van der Waals surface area contributed by atoms with Crippen molar-refractivity contribution in [1.82, 2.24) is 9.97 Å². The SMILES string of the molecule is Cc1ccc(NC(=O)c2cccc3cc[nH]c23)cc1C(=O)Nc1cccnc1. The van der Waals surface area contributed by atoms with E-state index < -0.39 is 0 Å². The molecule has 0 radical (unpaired) electrons. The minimum absolute atomic E-state index is 0.240. The highest BCUT2D eigenvalue weighted by Gasteiger charge is 2.14. The molecule has 0 bridgehead atoms. The van der Waals surface area contributed by atoms with Crippen molar-refractivity contribution in [2.45, 2.75) is 6.92 Å². The van der Waals surface area contributed by atoms with Crippen LogP contribution in [-0.4, -0.2) is 21.8 Å². The number of pyridine rings is 1. The summed E-state index contributed by atoms with van der Waals surface area (Å²) >= 11 is 0. The summed E-state index contributed by atoms with van der Waals surface area (Å²) in [6.07, 6.45) is 5.02. The highest BCUT2D eigenvalue weighted by molar-refractivity contribution is 6.12. The quantitative estimate of drug-likeness (QED) is 0.498. The van der Waals surface area contributed by atoms with Crippen molar-refractivity contribution in [1.29, 1.82) is 0 Å². The Hall–Kier alpha value is -3.93. The van der Waals surface area contributed by atoms with Crippen LogP contribution in [0.5, 0.6) is 0 Å². The first-order valence-corrected chi connectivity index (χ1v) is 8.81. The second-order valence-electron chi connectivity index (χ2n) is 6.43. The number of aromatic amines is 1. The van der Waals surface area contributed by atoms with Gasteiger partial charge in [-0.1, -0.05) is 18.2 Å². The number of aromatic nitrogens is 2. The lowest BCUT2D eigenvalue weighted by Gasteiger charge is -2.11. The van der Waals surface area contributed by atoms with E-state index >= 15 is 0 Å². The highest BCUT2D eigenvalue weighted by atomic mass is 16.2. The van der Waals surface area contributed by atoms with Crippen LogP contribution in [-0.2, 0) is 0 Å². The summed E-state index contributed by atoms with van der Waals surface area (Å²) in [7, 11) is 0. The molecular weight excluding hydrogens is 352 g/mol. The van der Waals surface area contributed by atoms with E-state index in [-0.39, 0.29) is 11.8 Å². The molecule has 0 aliphatic rings. The molecule has 0 saturated heterocycles. The molecule has 2 heterocycles. The van der Waals surface area contributed by atoms with Crippen molar-refractivity contribution in [2.75, 3.05) is 10.6 Å². The molecule has 28 heavy (non-hydrogen) atoms. The Morgan fingerprint density at radius 3 is 2.54 bits per heavy atom. The van der Waals surface area contributed by atoms with Crippen molar-refractivity contribution < 1.29 is 9.59 Å².